The maximum absolute atomic E-state index is 13.6. The molecule has 0 spiro atoms. The summed E-state index contributed by atoms with van der Waals surface area (Å²) in [6.07, 6.45) is 0. The molecule has 0 unspecified atom stereocenters. The topological polar surface area (TPSA) is 98.2 Å². The first-order valence-electron chi connectivity index (χ1n) is 12.6. The smallest absolute Gasteiger partial charge is 0.872 e. The van der Waals surface area contributed by atoms with Crippen LogP contribution in [-0.4, -0.2) is 0 Å². The van der Waals surface area contributed by atoms with Crippen LogP contribution in [0, 0.1) is 0 Å². The quantitative estimate of drug-likeness (QED) is 0.132. The van der Waals surface area contributed by atoms with Gasteiger partial charge in [0.05, 0.1) is 0 Å². The van der Waals surface area contributed by atoms with Crippen LogP contribution in [0.15, 0.2) is 84.9 Å². The molecule has 9 aromatic rings. The summed E-state index contributed by atoms with van der Waals surface area (Å²) in [5.74, 6) is 0.0307. The molecule has 0 aliphatic heterocycles. The Morgan fingerprint density at radius 1 is 0.350 bits per heavy atom. The molecular weight excluding hydrogens is 514 g/mol. The number of benzene rings is 9. The zero-order valence-corrected chi connectivity index (χ0v) is 26.1. The molecule has 0 fully saturated rings. The number of hydrogen-bond donors (Lipinski definition) is 2. The Kier molecular flexibility index (Phi) is 5.56. The molecule has 0 bridgehead atoms. The Labute approximate surface area is 272 Å². The van der Waals surface area contributed by atoms with Gasteiger partial charge in [-0.15, -0.1) is 0 Å². The SMILES string of the molecule is Nc1cc2c3ccccc3c([O-])c3ccc4c5ccc6c([O-])c7ccccc7c7cc(N)c(c1c4c32)c5c67.[Na+].[Na+]. The van der Waals surface area contributed by atoms with E-state index in [2.05, 4.69) is 0 Å². The Balaban J connectivity index is 0.00000132. The first-order chi connectivity index (χ1) is 18.5. The molecule has 0 atom stereocenters. The van der Waals surface area contributed by atoms with E-state index in [1.165, 1.54) is 0 Å². The third-order valence-electron chi connectivity index (χ3n) is 8.58. The minimum Gasteiger partial charge on any atom is -0.872 e. The summed E-state index contributed by atoms with van der Waals surface area (Å²) in [7, 11) is 0. The molecule has 0 aliphatic rings. The molecule has 178 valence electrons. The van der Waals surface area contributed by atoms with Crippen molar-refractivity contribution in [3.05, 3.63) is 84.9 Å². The van der Waals surface area contributed by atoms with Gasteiger partial charge in [0.2, 0.25) is 0 Å². The molecule has 0 saturated heterocycles. The van der Waals surface area contributed by atoms with E-state index in [1.807, 2.05) is 84.9 Å². The van der Waals surface area contributed by atoms with Gasteiger partial charge < -0.3 is 21.7 Å². The van der Waals surface area contributed by atoms with Crippen LogP contribution in [0.2, 0.25) is 0 Å². The van der Waals surface area contributed by atoms with Crippen molar-refractivity contribution in [3.8, 4) is 11.5 Å². The summed E-state index contributed by atoms with van der Waals surface area (Å²) in [5, 5.41) is 41.1. The van der Waals surface area contributed by atoms with Gasteiger partial charge in [-0.2, -0.15) is 0 Å². The molecular formula is C34H18N2Na2O2. The molecule has 9 rings (SSSR count). The van der Waals surface area contributed by atoms with Gasteiger partial charge in [-0.3, -0.25) is 0 Å². The van der Waals surface area contributed by atoms with Crippen molar-refractivity contribution in [2.75, 3.05) is 11.5 Å². The van der Waals surface area contributed by atoms with Gasteiger partial charge in [0.1, 0.15) is 0 Å². The van der Waals surface area contributed by atoms with Crippen molar-refractivity contribution in [2.45, 2.75) is 0 Å². The van der Waals surface area contributed by atoms with Gasteiger partial charge in [0, 0.05) is 32.9 Å². The fraction of sp³-hybridized carbons (Fsp3) is 0. The van der Waals surface area contributed by atoms with E-state index < -0.39 is 0 Å². The van der Waals surface area contributed by atoms with Gasteiger partial charge >= 0.3 is 59.1 Å². The average molecular weight is 533 g/mol. The molecule has 4 nitrogen and oxygen atoms in total. The number of nitrogens with two attached hydrogens (primary N) is 2. The summed E-state index contributed by atoms with van der Waals surface area (Å²) in [6.45, 7) is 0. The van der Waals surface area contributed by atoms with Crippen molar-refractivity contribution >= 4 is 97.6 Å². The molecule has 0 amide bonds. The minimum absolute atomic E-state index is 0. The minimum atomic E-state index is 0. The van der Waals surface area contributed by atoms with Crippen molar-refractivity contribution in [3.63, 3.8) is 0 Å². The van der Waals surface area contributed by atoms with Crippen LogP contribution in [0.3, 0.4) is 0 Å². The maximum Gasteiger partial charge on any atom is 1.00 e. The molecule has 9 aromatic carbocycles. The second-order valence-electron chi connectivity index (χ2n) is 10.3. The zero-order valence-electron chi connectivity index (χ0n) is 22.1. The van der Waals surface area contributed by atoms with Gasteiger partial charge in [0.15, 0.2) is 0 Å². The van der Waals surface area contributed by atoms with Crippen molar-refractivity contribution in [2.24, 2.45) is 0 Å². The van der Waals surface area contributed by atoms with E-state index in [0.29, 0.717) is 32.9 Å². The first kappa shape index (κ1) is 25.7. The third kappa shape index (κ3) is 2.91. The molecule has 4 N–H and O–H groups in total. The Morgan fingerprint density at radius 3 is 1.10 bits per heavy atom. The zero-order chi connectivity index (χ0) is 25.4. The predicted molar refractivity (Wildman–Crippen MR) is 157 cm³/mol. The van der Waals surface area contributed by atoms with Crippen LogP contribution in [0.25, 0.3) is 86.2 Å². The summed E-state index contributed by atoms with van der Waals surface area (Å²) < 4.78 is 0. The van der Waals surface area contributed by atoms with Gasteiger partial charge in [0.25, 0.3) is 0 Å². The molecule has 0 aromatic heterocycles. The summed E-state index contributed by atoms with van der Waals surface area (Å²) in [4.78, 5) is 0. The average Bonchev–Trinajstić information content (AvgIpc) is 2.95. The van der Waals surface area contributed by atoms with Gasteiger partial charge in [-0.1, -0.05) is 84.3 Å². The van der Waals surface area contributed by atoms with Gasteiger partial charge in [-0.25, -0.2) is 0 Å². The summed E-state index contributed by atoms with van der Waals surface area (Å²) in [5.41, 5.74) is 14.9. The van der Waals surface area contributed by atoms with Crippen LogP contribution in [-0.2, 0) is 0 Å². The molecule has 6 heteroatoms. The number of rotatable bonds is 0. The van der Waals surface area contributed by atoms with E-state index in [-0.39, 0.29) is 70.6 Å². The molecule has 0 heterocycles. The number of anilines is 2. The van der Waals surface area contributed by atoms with E-state index in [4.69, 9.17) is 11.5 Å². The number of nitrogen functional groups attached to an aromatic ring is 2. The van der Waals surface area contributed by atoms with E-state index in [1.54, 1.807) is 0 Å². The van der Waals surface area contributed by atoms with E-state index >= 15 is 0 Å². The van der Waals surface area contributed by atoms with Gasteiger partial charge in [-0.05, 0) is 76.8 Å². The predicted octanol–water partition coefficient (Wildman–Crippen LogP) is 1.11. The third-order valence-corrected chi connectivity index (χ3v) is 8.58. The summed E-state index contributed by atoms with van der Waals surface area (Å²) >= 11 is 0. The first-order valence-corrected chi connectivity index (χ1v) is 12.6. The standard InChI is InChI=1S/C34H20N2O2.2Na/c35-25-13-23-15-5-1-3-7-19(15)33(37)21-11-9-17-18-10-12-22-28-24(16-6-2-4-8-20(16)34(22)38)14-26(36)32(30(18)28)31(25)29(17)27(21)23;;/h1-14,37-38H,35-36H2;;/q;2*+1/p-2. The second kappa shape index (κ2) is 8.64. The van der Waals surface area contributed by atoms with Crippen molar-refractivity contribution in [1.82, 2.24) is 0 Å². The number of fused-ring (bicyclic) bond motifs is 6. The Hall–Kier alpha value is -3.22. The van der Waals surface area contributed by atoms with Crippen LogP contribution in [0.1, 0.15) is 0 Å². The number of hydrogen-bond acceptors (Lipinski definition) is 4. The fourth-order valence-electron chi connectivity index (χ4n) is 7.09. The van der Waals surface area contributed by atoms with Crippen molar-refractivity contribution in [1.29, 1.82) is 0 Å². The normalized spacial score (nSPS) is 12.0. The molecule has 40 heavy (non-hydrogen) atoms. The molecule has 0 aliphatic carbocycles. The second-order valence-corrected chi connectivity index (χ2v) is 10.3. The Morgan fingerprint density at radius 2 is 0.700 bits per heavy atom. The van der Waals surface area contributed by atoms with Crippen LogP contribution in [0.5, 0.6) is 11.5 Å². The van der Waals surface area contributed by atoms with Crippen LogP contribution in [0.4, 0.5) is 11.4 Å². The summed E-state index contributed by atoms with van der Waals surface area (Å²) in [6, 6.07) is 27.3. The van der Waals surface area contributed by atoms with Crippen LogP contribution < -0.4 is 80.8 Å². The Bertz CT molecular complexity index is 2330. The van der Waals surface area contributed by atoms with E-state index in [0.717, 1.165) is 64.6 Å². The largest absolute Gasteiger partial charge is 1.00 e. The molecule has 0 radical (unpaired) electrons. The monoisotopic (exact) mass is 532 g/mol. The van der Waals surface area contributed by atoms with E-state index in [9.17, 15) is 10.2 Å². The van der Waals surface area contributed by atoms with Crippen molar-refractivity contribution < 1.29 is 69.3 Å². The fourth-order valence-corrected chi connectivity index (χ4v) is 7.09. The van der Waals surface area contributed by atoms with Crippen LogP contribution >= 0.6 is 0 Å². The maximum atomic E-state index is 13.6. The molecule has 0 saturated carbocycles.